The smallest absolute Gasteiger partial charge is 0.220 e. The van der Waals surface area contributed by atoms with E-state index in [-0.39, 0.29) is 17.4 Å². The average Bonchev–Trinajstić information content (AvgIpc) is 2.50. The highest BCUT2D eigenvalue weighted by Crippen LogP contribution is 2.24. The van der Waals surface area contributed by atoms with Crippen molar-refractivity contribution in [3.05, 3.63) is 53.9 Å². The zero-order chi connectivity index (χ0) is 15.1. The molecule has 3 N–H and O–H groups in total. The van der Waals surface area contributed by atoms with Gasteiger partial charge in [-0.3, -0.25) is 9.78 Å². The minimum atomic E-state index is -0.143. The topological polar surface area (TPSA) is 82.5 Å². The number of aromatic hydroxyl groups is 2. The molecule has 0 spiro atoms. The molecule has 1 aromatic carbocycles. The molecule has 0 aliphatic heterocycles. The second-order valence-corrected chi connectivity index (χ2v) is 4.78. The van der Waals surface area contributed by atoms with Crippen molar-refractivity contribution < 1.29 is 15.0 Å². The van der Waals surface area contributed by atoms with Crippen molar-refractivity contribution in [3.63, 3.8) is 0 Å². The highest BCUT2D eigenvalue weighted by Gasteiger charge is 2.04. The average molecular weight is 286 g/mol. The number of hydrogen-bond acceptors (Lipinski definition) is 4. The number of hydrogen-bond donors (Lipinski definition) is 3. The van der Waals surface area contributed by atoms with E-state index in [1.54, 1.807) is 18.5 Å². The maximum Gasteiger partial charge on any atom is 0.220 e. The van der Waals surface area contributed by atoms with Gasteiger partial charge in [0, 0.05) is 25.4 Å². The third-order valence-electron chi connectivity index (χ3n) is 3.14. The van der Waals surface area contributed by atoms with Crippen LogP contribution in [0.25, 0.3) is 0 Å². The van der Waals surface area contributed by atoms with Crippen molar-refractivity contribution in [3.8, 4) is 11.5 Å². The molecule has 0 saturated carbocycles. The molecule has 0 aliphatic rings. The summed E-state index contributed by atoms with van der Waals surface area (Å²) in [5, 5.41) is 21.4. The first kappa shape index (κ1) is 14.8. The Bertz CT molecular complexity index is 600. The molecule has 0 radical (unpaired) electrons. The van der Waals surface area contributed by atoms with Gasteiger partial charge in [0.05, 0.1) is 0 Å². The van der Waals surface area contributed by atoms with E-state index in [9.17, 15) is 15.0 Å². The number of carbonyl (C=O) groups excluding carboxylic acids is 1. The fourth-order valence-corrected chi connectivity index (χ4v) is 1.96. The van der Waals surface area contributed by atoms with Crippen molar-refractivity contribution in [2.24, 2.45) is 0 Å². The van der Waals surface area contributed by atoms with E-state index >= 15 is 0 Å². The molecule has 0 atom stereocenters. The van der Waals surface area contributed by atoms with Crippen LogP contribution in [0, 0.1) is 0 Å². The van der Waals surface area contributed by atoms with Gasteiger partial charge in [-0.2, -0.15) is 0 Å². The number of amides is 1. The molecule has 0 unspecified atom stereocenters. The van der Waals surface area contributed by atoms with Gasteiger partial charge in [-0.25, -0.2) is 0 Å². The van der Waals surface area contributed by atoms with E-state index in [1.807, 2.05) is 12.1 Å². The van der Waals surface area contributed by atoms with E-state index in [2.05, 4.69) is 10.3 Å². The van der Waals surface area contributed by atoms with Gasteiger partial charge in [-0.15, -0.1) is 0 Å². The van der Waals surface area contributed by atoms with E-state index in [0.717, 1.165) is 11.1 Å². The standard InChI is InChI=1S/C16H18N2O3/c19-14-5-3-12(10-15(14)20)7-9-18-16(21)6-4-13-2-1-8-17-11-13/h1-3,5,8,10-11,19-20H,4,6-7,9H2,(H,18,21). The predicted molar refractivity (Wildman–Crippen MR) is 79.0 cm³/mol. The van der Waals surface area contributed by atoms with E-state index in [0.29, 0.717) is 25.8 Å². The molecule has 0 aliphatic carbocycles. The molecular weight excluding hydrogens is 268 g/mol. The molecule has 0 fully saturated rings. The number of aromatic nitrogens is 1. The summed E-state index contributed by atoms with van der Waals surface area (Å²) in [6.45, 7) is 0.496. The van der Waals surface area contributed by atoms with Crippen molar-refractivity contribution in [1.82, 2.24) is 10.3 Å². The van der Waals surface area contributed by atoms with Gasteiger partial charge in [0.15, 0.2) is 11.5 Å². The molecule has 5 nitrogen and oxygen atoms in total. The molecule has 5 heteroatoms. The summed E-state index contributed by atoms with van der Waals surface area (Å²) in [4.78, 5) is 15.7. The van der Waals surface area contributed by atoms with Gasteiger partial charge in [0.1, 0.15) is 0 Å². The van der Waals surface area contributed by atoms with Crippen LogP contribution in [-0.2, 0) is 17.6 Å². The Labute approximate surface area is 123 Å². The second kappa shape index (κ2) is 7.28. The number of nitrogens with one attached hydrogen (secondary N) is 1. The minimum Gasteiger partial charge on any atom is -0.504 e. The van der Waals surface area contributed by atoms with Crippen molar-refractivity contribution in [1.29, 1.82) is 0 Å². The van der Waals surface area contributed by atoms with Crippen LogP contribution in [0.2, 0.25) is 0 Å². The Morgan fingerprint density at radius 1 is 1.10 bits per heavy atom. The first-order valence-electron chi connectivity index (χ1n) is 6.81. The summed E-state index contributed by atoms with van der Waals surface area (Å²) in [7, 11) is 0. The largest absolute Gasteiger partial charge is 0.504 e. The monoisotopic (exact) mass is 286 g/mol. The van der Waals surface area contributed by atoms with Crippen LogP contribution in [0.4, 0.5) is 0 Å². The van der Waals surface area contributed by atoms with Crippen LogP contribution >= 0.6 is 0 Å². The Morgan fingerprint density at radius 3 is 2.67 bits per heavy atom. The summed E-state index contributed by atoms with van der Waals surface area (Å²) < 4.78 is 0. The lowest BCUT2D eigenvalue weighted by Gasteiger charge is -2.06. The van der Waals surface area contributed by atoms with Crippen molar-refractivity contribution in [2.75, 3.05) is 6.54 Å². The molecule has 1 amide bonds. The molecule has 1 heterocycles. The molecule has 0 bridgehead atoms. The molecule has 2 rings (SSSR count). The molecule has 0 saturated heterocycles. The summed E-state index contributed by atoms with van der Waals surface area (Å²) in [6.07, 6.45) is 5.15. The van der Waals surface area contributed by atoms with Gasteiger partial charge in [-0.1, -0.05) is 12.1 Å². The number of nitrogens with zero attached hydrogens (tertiary/aromatic N) is 1. The highest BCUT2D eigenvalue weighted by atomic mass is 16.3. The fourth-order valence-electron chi connectivity index (χ4n) is 1.96. The molecule has 2 aromatic rings. The van der Waals surface area contributed by atoms with Crippen LogP contribution in [0.3, 0.4) is 0 Å². The van der Waals surface area contributed by atoms with E-state index in [4.69, 9.17) is 0 Å². The first-order chi connectivity index (χ1) is 10.1. The van der Waals surface area contributed by atoms with Crippen LogP contribution in [0.5, 0.6) is 11.5 Å². The van der Waals surface area contributed by atoms with Crippen LogP contribution in [0.15, 0.2) is 42.7 Å². The second-order valence-electron chi connectivity index (χ2n) is 4.78. The third kappa shape index (κ3) is 4.80. The summed E-state index contributed by atoms with van der Waals surface area (Å²) in [6, 6.07) is 8.45. The molecule has 21 heavy (non-hydrogen) atoms. The number of carbonyl (C=O) groups is 1. The van der Waals surface area contributed by atoms with Gasteiger partial charge in [-0.05, 0) is 42.2 Å². The third-order valence-corrected chi connectivity index (χ3v) is 3.14. The number of rotatable bonds is 6. The normalized spacial score (nSPS) is 10.3. The van der Waals surface area contributed by atoms with Gasteiger partial charge in [0.2, 0.25) is 5.91 Å². The lowest BCUT2D eigenvalue weighted by Crippen LogP contribution is -2.25. The molecular formula is C16H18N2O3. The number of aryl methyl sites for hydroxylation is 1. The lowest BCUT2D eigenvalue weighted by molar-refractivity contribution is -0.121. The highest BCUT2D eigenvalue weighted by molar-refractivity contribution is 5.76. The van der Waals surface area contributed by atoms with Crippen LogP contribution in [-0.4, -0.2) is 27.6 Å². The zero-order valence-corrected chi connectivity index (χ0v) is 11.6. The van der Waals surface area contributed by atoms with E-state index < -0.39 is 0 Å². The fraction of sp³-hybridized carbons (Fsp3) is 0.250. The Morgan fingerprint density at radius 2 is 1.95 bits per heavy atom. The Balaban J connectivity index is 1.70. The van der Waals surface area contributed by atoms with Gasteiger partial charge < -0.3 is 15.5 Å². The zero-order valence-electron chi connectivity index (χ0n) is 11.6. The predicted octanol–water partition coefficient (Wildman–Crippen LogP) is 1.78. The number of benzene rings is 1. The lowest BCUT2D eigenvalue weighted by atomic mass is 10.1. The Hall–Kier alpha value is -2.56. The van der Waals surface area contributed by atoms with E-state index in [1.165, 1.54) is 12.1 Å². The minimum absolute atomic E-state index is 0.0122. The summed E-state index contributed by atoms with van der Waals surface area (Å²) in [5.74, 6) is -0.295. The maximum atomic E-state index is 11.7. The maximum absolute atomic E-state index is 11.7. The van der Waals surface area contributed by atoms with Crippen LogP contribution in [0.1, 0.15) is 17.5 Å². The van der Waals surface area contributed by atoms with Crippen LogP contribution < -0.4 is 5.32 Å². The van der Waals surface area contributed by atoms with Gasteiger partial charge >= 0.3 is 0 Å². The SMILES string of the molecule is O=C(CCc1cccnc1)NCCc1ccc(O)c(O)c1. The molecule has 110 valence electrons. The number of pyridine rings is 1. The summed E-state index contributed by atoms with van der Waals surface area (Å²) >= 11 is 0. The van der Waals surface area contributed by atoms with Crippen molar-refractivity contribution in [2.45, 2.75) is 19.3 Å². The molecule has 1 aromatic heterocycles. The summed E-state index contributed by atoms with van der Waals surface area (Å²) in [5.41, 5.74) is 1.90. The number of phenolic OH excluding ortho intramolecular Hbond substituents is 2. The van der Waals surface area contributed by atoms with Crippen molar-refractivity contribution >= 4 is 5.91 Å². The Kier molecular flexibility index (Phi) is 5.15. The first-order valence-corrected chi connectivity index (χ1v) is 6.81. The van der Waals surface area contributed by atoms with Gasteiger partial charge in [0.25, 0.3) is 0 Å². The quantitative estimate of drug-likeness (QED) is 0.707. The number of phenols is 2.